The highest BCUT2D eigenvalue weighted by Crippen LogP contribution is 1.99. The van der Waals surface area contributed by atoms with Crippen molar-refractivity contribution in [3.05, 3.63) is 35.9 Å². The van der Waals surface area contributed by atoms with Gasteiger partial charge in [0.05, 0.1) is 13.2 Å². The summed E-state index contributed by atoms with van der Waals surface area (Å²) in [6.07, 6.45) is 1.59. The van der Waals surface area contributed by atoms with E-state index in [9.17, 15) is 0 Å². The molecule has 0 saturated carbocycles. The second kappa shape index (κ2) is 6.04. The molecule has 13 heavy (non-hydrogen) atoms. The molecule has 0 aromatic heterocycles. The zero-order valence-electron chi connectivity index (χ0n) is 7.27. The van der Waals surface area contributed by atoms with Crippen LogP contribution < -0.4 is 0 Å². The zero-order valence-corrected chi connectivity index (χ0v) is 7.27. The molecule has 0 bridgehead atoms. The van der Waals surface area contributed by atoms with Crippen molar-refractivity contribution in [2.45, 2.75) is 6.61 Å². The maximum Gasteiger partial charge on any atom is 0.286 e. The quantitative estimate of drug-likeness (QED) is 0.507. The lowest BCUT2D eigenvalue weighted by Gasteiger charge is -2.01. The maximum atomic E-state index is 8.05. The number of ether oxygens (including phenoxy) is 2. The molecule has 1 aromatic rings. The molecule has 0 unspecified atom stereocenters. The van der Waals surface area contributed by atoms with Crippen molar-refractivity contribution in [3.63, 3.8) is 0 Å². The van der Waals surface area contributed by atoms with E-state index >= 15 is 0 Å². The van der Waals surface area contributed by atoms with Gasteiger partial charge in [0.1, 0.15) is 6.61 Å². The van der Waals surface area contributed by atoms with Crippen molar-refractivity contribution in [2.24, 2.45) is 0 Å². The second-order valence-corrected chi connectivity index (χ2v) is 2.48. The van der Waals surface area contributed by atoms with Crippen molar-refractivity contribution < 1.29 is 9.47 Å². The van der Waals surface area contributed by atoms with Crippen LogP contribution in [0.2, 0.25) is 0 Å². The predicted molar refractivity (Wildman–Crippen MR) is 47.7 cm³/mol. The van der Waals surface area contributed by atoms with Crippen molar-refractivity contribution in [1.29, 1.82) is 5.26 Å². The van der Waals surface area contributed by atoms with Crippen LogP contribution in [0.5, 0.6) is 0 Å². The van der Waals surface area contributed by atoms with Crippen molar-refractivity contribution in [2.75, 3.05) is 13.2 Å². The van der Waals surface area contributed by atoms with Gasteiger partial charge in [-0.2, -0.15) is 5.26 Å². The van der Waals surface area contributed by atoms with Gasteiger partial charge in [0.15, 0.2) is 0 Å². The minimum absolute atomic E-state index is 0.323. The van der Waals surface area contributed by atoms with Crippen LogP contribution in [-0.2, 0) is 16.1 Å². The minimum Gasteiger partial charge on any atom is -0.425 e. The van der Waals surface area contributed by atoms with Crippen LogP contribution in [0.25, 0.3) is 0 Å². The van der Waals surface area contributed by atoms with E-state index in [1.165, 1.54) is 0 Å². The molecule has 3 heteroatoms. The monoisotopic (exact) mass is 177 g/mol. The topological polar surface area (TPSA) is 42.2 Å². The van der Waals surface area contributed by atoms with Crippen LogP contribution in [0.4, 0.5) is 0 Å². The first-order valence-corrected chi connectivity index (χ1v) is 4.06. The molecule has 0 saturated heterocycles. The number of benzene rings is 1. The Morgan fingerprint density at radius 3 is 2.62 bits per heavy atom. The van der Waals surface area contributed by atoms with Crippen LogP contribution in [0.1, 0.15) is 5.56 Å². The van der Waals surface area contributed by atoms with Gasteiger partial charge in [-0.1, -0.05) is 30.3 Å². The van der Waals surface area contributed by atoms with Crippen LogP contribution in [0.15, 0.2) is 30.3 Å². The summed E-state index contributed by atoms with van der Waals surface area (Å²) in [5, 5.41) is 8.05. The molecule has 68 valence electrons. The fourth-order valence-electron chi connectivity index (χ4n) is 0.910. The molecule has 0 aliphatic carbocycles. The van der Waals surface area contributed by atoms with Crippen LogP contribution in [0, 0.1) is 11.5 Å². The molecule has 0 heterocycles. The first kappa shape index (κ1) is 9.56. The summed E-state index contributed by atoms with van der Waals surface area (Å²) < 4.78 is 9.70. The Hall–Kier alpha value is -1.53. The fraction of sp³-hybridized carbons (Fsp3) is 0.300. The summed E-state index contributed by atoms with van der Waals surface area (Å²) in [4.78, 5) is 0. The van der Waals surface area contributed by atoms with Gasteiger partial charge in [-0.15, -0.1) is 0 Å². The van der Waals surface area contributed by atoms with Crippen LogP contribution >= 0.6 is 0 Å². The van der Waals surface area contributed by atoms with Crippen LogP contribution in [-0.4, -0.2) is 13.2 Å². The smallest absolute Gasteiger partial charge is 0.286 e. The molecule has 0 amide bonds. The predicted octanol–water partition coefficient (Wildman–Crippen LogP) is 1.70. The molecular weight excluding hydrogens is 166 g/mol. The first-order valence-electron chi connectivity index (χ1n) is 4.06. The van der Waals surface area contributed by atoms with E-state index in [4.69, 9.17) is 10.00 Å². The van der Waals surface area contributed by atoms with Gasteiger partial charge in [0.25, 0.3) is 6.26 Å². The lowest BCUT2D eigenvalue weighted by molar-refractivity contribution is 0.0792. The summed E-state index contributed by atoms with van der Waals surface area (Å²) in [6, 6.07) is 9.87. The number of nitriles is 1. The van der Waals surface area contributed by atoms with Gasteiger partial charge in [-0.25, -0.2) is 0 Å². The molecule has 0 atom stereocenters. The Labute approximate surface area is 77.5 Å². The zero-order chi connectivity index (χ0) is 9.36. The number of hydrogen-bond acceptors (Lipinski definition) is 3. The van der Waals surface area contributed by atoms with Crippen molar-refractivity contribution >= 4 is 0 Å². The van der Waals surface area contributed by atoms with Gasteiger partial charge in [0, 0.05) is 0 Å². The third kappa shape index (κ3) is 4.14. The average molecular weight is 177 g/mol. The molecule has 0 spiro atoms. The van der Waals surface area contributed by atoms with Crippen molar-refractivity contribution in [1.82, 2.24) is 0 Å². The van der Waals surface area contributed by atoms with E-state index in [1.54, 1.807) is 6.26 Å². The molecule has 0 aliphatic heterocycles. The Kier molecular flexibility index (Phi) is 4.44. The van der Waals surface area contributed by atoms with Gasteiger partial charge in [-0.05, 0) is 5.56 Å². The Balaban J connectivity index is 2.11. The lowest BCUT2D eigenvalue weighted by atomic mass is 10.2. The Morgan fingerprint density at radius 2 is 1.92 bits per heavy atom. The molecule has 0 fully saturated rings. The highest BCUT2D eigenvalue weighted by Gasteiger charge is 1.91. The van der Waals surface area contributed by atoms with E-state index in [1.807, 2.05) is 30.3 Å². The Bertz CT molecular complexity index is 266. The normalized spacial score (nSPS) is 9.15. The third-order valence-corrected chi connectivity index (χ3v) is 1.51. The summed E-state index contributed by atoms with van der Waals surface area (Å²) in [5.41, 5.74) is 1.12. The maximum absolute atomic E-state index is 8.05. The highest BCUT2D eigenvalue weighted by atomic mass is 16.5. The third-order valence-electron chi connectivity index (χ3n) is 1.51. The number of rotatable bonds is 5. The molecule has 0 N–H and O–H groups in total. The van der Waals surface area contributed by atoms with Crippen molar-refractivity contribution in [3.8, 4) is 6.26 Å². The number of hydrogen-bond donors (Lipinski definition) is 0. The fourth-order valence-corrected chi connectivity index (χ4v) is 0.910. The molecule has 1 aromatic carbocycles. The minimum atomic E-state index is 0.323. The summed E-state index contributed by atoms with van der Waals surface area (Å²) in [7, 11) is 0. The lowest BCUT2D eigenvalue weighted by Crippen LogP contribution is -2.01. The summed E-state index contributed by atoms with van der Waals surface area (Å²) >= 11 is 0. The largest absolute Gasteiger partial charge is 0.425 e. The molecule has 0 radical (unpaired) electrons. The Morgan fingerprint density at radius 1 is 1.15 bits per heavy atom. The van der Waals surface area contributed by atoms with Gasteiger partial charge in [0.2, 0.25) is 0 Å². The summed E-state index contributed by atoms with van der Waals surface area (Å²) in [5.74, 6) is 0. The van der Waals surface area contributed by atoms with E-state index in [-0.39, 0.29) is 0 Å². The molecule has 3 nitrogen and oxygen atoms in total. The van der Waals surface area contributed by atoms with E-state index < -0.39 is 0 Å². The number of nitrogens with zero attached hydrogens (tertiary/aromatic N) is 1. The standard InChI is InChI=1S/C10H11NO2/c11-9-13-7-6-12-8-10-4-2-1-3-5-10/h1-5H,6-8H2. The molecule has 1 rings (SSSR count). The second-order valence-electron chi connectivity index (χ2n) is 2.48. The van der Waals surface area contributed by atoms with E-state index in [2.05, 4.69) is 4.74 Å². The van der Waals surface area contributed by atoms with E-state index in [0.717, 1.165) is 5.56 Å². The highest BCUT2D eigenvalue weighted by molar-refractivity contribution is 5.13. The van der Waals surface area contributed by atoms with Gasteiger partial charge >= 0.3 is 0 Å². The first-order chi connectivity index (χ1) is 6.43. The molecule has 0 aliphatic rings. The van der Waals surface area contributed by atoms with Gasteiger partial charge < -0.3 is 9.47 Å². The molecular formula is C10H11NO2. The van der Waals surface area contributed by atoms with Gasteiger partial charge in [-0.3, -0.25) is 0 Å². The van der Waals surface area contributed by atoms with E-state index in [0.29, 0.717) is 19.8 Å². The summed E-state index contributed by atoms with van der Waals surface area (Å²) in [6.45, 7) is 1.33. The average Bonchev–Trinajstić information content (AvgIpc) is 2.19. The van der Waals surface area contributed by atoms with Crippen LogP contribution in [0.3, 0.4) is 0 Å². The SMILES string of the molecule is N#COCCOCc1ccccc1.